The average Bonchev–Trinajstić information content (AvgIpc) is 2.93. The first-order chi connectivity index (χ1) is 10.1. The molecule has 0 aliphatic heterocycles. The highest BCUT2D eigenvalue weighted by atomic mass is 35.5. The summed E-state index contributed by atoms with van der Waals surface area (Å²) in [7, 11) is 0. The van der Waals surface area contributed by atoms with Crippen molar-refractivity contribution < 1.29 is 9.21 Å². The normalized spacial score (nSPS) is 10.1. The Morgan fingerprint density at radius 3 is 2.95 bits per heavy atom. The van der Waals surface area contributed by atoms with Crippen LogP contribution in [0.25, 0.3) is 0 Å². The molecule has 0 unspecified atom stereocenters. The van der Waals surface area contributed by atoms with Crippen molar-refractivity contribution in [2.75, 3.05) is 11.1 Å². The molecule has 0 aliphatic carbocycles. The number of carbonyl (C=O) groups excluding carboxylic acids is 1. The SMILES string of the molecule is N#Cc1ccc(NC(=O)CSc2nnc(CN)o2)cc1Cl. The topological polar surface area (TPSA) is 118 Å². The number of nitrogens with one attached hydrogen (secondary N) is 1. The van der Waals surface area contributed by atoms with Crippen molar-refractivity contribution in [2.24, 2.45) is 5.73 Å². The van der Waals surface area contributed by atoms with Crippen molar-refractivity contribution in [1.82, 2.24) is 10.2 Å². The van der Waals surface area contributed by atoms with Gasteiger partial charge in [-0.15, -0.1) is 10.2 Å². The van der Waals surface area contributed by atoms with Crippen LogP contribution in [0.4, 0.5) is 5.69 Å². The first kappa shape index (κ1) is 15.3. The standard InChI is InChI=1S/C12H10ClN5O2S/c13-9-3-8(2-1-7(9)4-14)16-10(19)6-21-12-18-17-11(5-15)20-12/h1-3H,5-6,15H2,(H,16,19). The maximum atomic E-state index is 11.8. The van der Waals surface area contributed by atoms with Crippen molar-refractivity contribution >= 4 is 35.0 Å². The van der Waals surface area contributed by atoms with Gasteiger partial charge in [0.2, 0.25) is 11.8 Å². The van der Waals surface area contributed by atoms with E-state index in [1.165, 1.54) is 12.1 Å². The molecule has 1 aromatic heterocycles. The van der Waals surface area contributed by atoms with Crippen LogP contribution < -0.4 is 11.1 Å². The predicted octanol–water partition coefficient (Wildman–Crippen LogP) is 1.78. The molecular weight excluding hydrogens is 314 g/mol. The summed E-state index contributed by atoms with van der Waals surface area (Å²) in [6.45, 7) is 0.156. The second kappa shape index (κ2) is 7.08. The number of hydrogen-bond donors (Lipinski definition) is 2. The van der Waals surface area contributed by atoms with E-state index in [9.17, 15) is 4.79 Å². The van der Waals surface area contributed by atoms with Crippen molar-refractivity contribution in [1.29, 1.82) is 5.26 Å². The number of aromatic nitrogens is 2. The molecule has 2 aromatic rings. The summed E-state index contributed by atoms with van der Waals surface area (Å²) in [5.74, 6) is 0.161. The van der Waals surface area contributed by atoms with Gasteiger partial charge in [-0.25, -0.2) is 0 Å². The molecule has 0 radical (unpaired) electrons. The summed E-state index contributed by atoms with van der Waals surface area (Å²) >= 11 is 6.98. The van der Waals surface area contributed by atoms with Gasteiger partial charge in [0, 0.05) is 5.69 Å². The maximum Gasteiger partial charge on any atom is 0.277 e. The zero-order valence-corrected chi connectivity index (χ0v) is 12.2. The number of halogens is 1. The van der Waals surface area contributed by atoms with Crippen molar-refractivity contribution in [3.05, 3.63) is 34.7 Å². The van der Waals surface area contributed by atoms with E-state index in [1.807, 2.05) is 6.07 Å². The van der Waals surface area contributed by atoms with Crippen LogP contribution in [0.5, 0.6) is 0 Å². The second-order valence-corrected chi connectivity index (χ2v) is 5.14. The van der Waals surface area contributed by atoms with E-state index < -0.39 is 0 Å². The molecule has 0 atom stereocenters. The van der Waals surface area contributed by atoms with E-state index in [2.05, 4.69) is 15.5 Å². The van der Waals surface area contributed by atoms with Gasteiger partial charge >= 0.3 is 0 Å². The fourth-order valence-electron chi connectivity index (χ4n) is 1.39. The van der Waals surface area contributed by atoms with E-state index in [0.717, 1.165) is 11.8 Å². The minimum Gasteiger partial charge on any atom is -0.415 e. The lowest BCUT2D eigenvalue weighted by Gasteiger charge is -2.05. The molecule has 1 amide bonds. The lowest BCUT2D eigenvalue weighted by Crippen LogP contribution is -2.14. The number of nitrogens with two attached hydrogens (primary N) is 1. The average molecular weight is 324 g/mol. The maximum absolute atomic E-state index is 11.8. The number of thioether (sulfide) groups is 1. The Labute approximate surface area is 129 Å². The van der Waals surface area contributed by atoms with Crippen molar-refractivity contribution in [2.45, 2.75) is 11.8 Å². The fourth-order valence-corrected chi connectivity index (χ4v) is 2.19. The minimum absolute atomic E-state index is 0.101. The third-order valence-corrected chi connectivity index (χ3v) is 3.45. The summed E-state index contributed by atoms with van der Waals surface area (Å²) in [6, 6.07) is 6.60. The van der Waals surface area contributed by atoms with Crippen LogP contribution in [-0.4, -0.2) is 21.9 Å². The second-order valence-electron chi connectivity index (χ2n) is 3.81. The van der Waals surface area contributed by atoms with Gasteiger partial charge in [0.25, 0.3) is 5.22 Å². The van der Waals surface area contributed by atoms with Gasteiger partial charge in [0.05, 0.1) is 22.9 Å². The van der Waals surface area contributed by atoms with Crippen LogP contribution in [0, 0.1) is 11.3 Å². The Balaban J connectivity index is 1.90. The van der Waals surface area contributed by atoms with Crippen LogP contribution >= 0.6 is 23.4 Å². The van der Waals surface area contributed by atoms with Crippen LogP contribution in [-0.2, 0) is 11.3 Å². The van der Waals surface area contributed by atoms with Gasteiger partial charge in [-0.2, -0.15) is 5.26 Å². The van der Waals surface area contributed by atoms with E-state index in [1.54, 1.807) is 6.07 Å². The summed E-state index contributed by atoms with van der Waals surface area (Å²) in [4.78, 5) is 11.8. The van der Waals surface area contributed by atoms with Gasteiger partial charge in [-0.1, -0.05) is 23.4 Å². The van der Waals surface area contributed by atoms with Crippen LogP contribution in [0.3, 0.4) is 0 Å². The van der Waals surface area contributed by atoms with Gasteiger partial charge in [-0.3, -0.25) is 4.79 Å². The summed E-state index contributed by atoms with van der Waals surface area (Å²) in [6.07, 6.45) is 0. The molecule has 1 aromatic carbocycles. The molecule has 3 N–H and O–H groups in total. The van der Waals surface area contributed by atoms with Gasteiger partial charge in [0.15, 0.2) is 0 Å². The number of carbonyl (C=O) groups is 1. The minimum atomic E-state index is -0.256. The van der Waals surface area contributed by atoms with E-state index in [-0.39, 0.29) is 28.5 Å². The molecule has 21 heavy (non-hydrogen) atoms. The van der Waals surface area contributed by atoms with Crippen molar-refractivity contribution in [3.63, 3.8) is 0 Å². The Bertz CT molecular complexity index is 697. The molecule has 7 nitrogen and oxygen atoms in total. The van der Waals surface area contributed by atoms with E-state index >= 15 is 0 Å². The van der Waals surface area contributed by atoms with E-state index in [4.69, 9.17) is 27.0 Å². The summed E-state index contributed by atoms with van der Waals surface area (Å²) in [5.41, 5.74) is 6.20. The first-order valence-corrected chi connectivity index (χ1v) is 7.13. The highest BCUT2D eigenvalue weighted by Gasteiger charge is 2.10. The molecule has 0 saturated carbocycles. The molecule has 9 heteroatoms. The molecule has 0 saturated heterocycles. The van der Waals surface area contributed by atoms with E-state index in [0.29, 0.717) is 17.1 Å². The number of rotatable bonds is 5. The molecule has 0 aliphatic rings. The van der Waals surface area contributed by atoms with Gasteiger partial charge < -0.3 is 15.5 Å². The lowest BCUT2D eigenvalue weighted by atomic mass is 10.2. The number of benzene rings is 1. The zero-order valence-electron chi connectivity index (χ0n) is 10.7. The van der Waals surface area contributed by atoms with Crippen LogP contribution in [0.1, 0.15) is 11.5 Å². The molecule has 0 spiro atoms. The zero-order chi connectivity index (χ0) is 15.2. The van der Waals surface area contributed by atoms with Crippen LogP contribution in [0.15, 0.2) is 27.8 Å². The number of anilines is 1. The highest BCUT2D eigenvalue weighted by Crippen LogP contribution is 2.21. The Hall–Kier alpha value is -2.08. The monoisotopic (exact) mass is 323 g/mol. The molecule has 1 heterocycles. The van der Waals surface area contributed by atoms with Crippen molar-refractivity contribution in [3.8, 4) is 6.07 Å². The predicted molar refractivity (Wildman–Crippen MR) is 77.7 cm³/mol. The van der Waals surface area contributed by atoms with Gasteiger partial charge in [-0.05, 0) is 18.2 Å². The lowest BCUT2D eigenvalue weighted by molar-refractivity contribution is -0.113. The third kappa shape index (κ3) is 4.19. The fraction of sp³-hybridized carbons (Fsp3) is 0.167. The molecule has 0 fully saturated rings. The van der Waals surface area contributed by atoms with Crippen LogP contribution in [0.2, 0.25) is 5.02 Å². The number of nitrogens with zero attached hydrogens (tertiary/aromatic N) is 3. The smallest absolute Gasteiger partial charge is 0.277 e. The number of amides is 1. The Kier molecular flexibility index (Phi) is 5.16. The first-order valence-electron chi connectivity index (χ1n) is 5.77. The molecule has 108 valence electrons. The Morgan fingerprint density at radius 1 is 1.52 bits per heavy atom. The highest BCUT2D eigenvalue weighted by molar-refractivity contribution is 7.99. The van der Waals surface area contributed by atoms with Gasteiger partial charge in [0.1, 0.15) is 6.07 Å². The summed E-state index contributed by atoms with van der Waals surface area (Å²) in [5, 5.41) is 19.4. The number of hydrogen-bond acceptors (Lipinski definition) is 7. The molecular formula is C12H10ClN5O2S. The third-order valence-electron chi connectivity index (χ3n) is 2.32. The number of nitriles is 1. The summed E-state index contributed by atoms with van der Waals surface area (Å²) < 4.78 is 5.16. The largest absolute Gasteiger partial charge is 0.415 e. The Morgan fingerprint density at radius 2 is 2.33 bits per heavy atom. The quantitative estimate of drug-likeness (QED) is 0.805. The molecule has 0 bridgehead atoms. The molecule has 2 rings (SSSR count).